The summed E-state index contributed by atoms with van der Waals surface area (Å²) in [6, 6.07) is 0. The largest absolute Gasteiger partial charge is 0.360 e. The van der Waals surface area contributed by atoms with E-state index < -0.39 is 5.79 Å². The van der Waals surface area contributed by atoms with Gasteiger partial charge in [0.15, 0.2) is 0 Å². The Morgan fingerprint density at radius 1 is 1.78 bits per heavy atom. The molecule has 2 rings (SSSR count). The lowest BCUT2D eigenvalue weighted by Crippen LogP contribution is -2.51. The van der Waals surface area contributed by atoms with Crippen LogP contribution >= 0.6 is 0 Å². The molecule has 0 amide bonds. The van der Waals surface area contributed by atoms with Crippen LogP contribution in [-0.4, -0.2) is 18.1 Å². The van der Waals surface area contributed by atoms with Gasteiger partial charge in [-0.2, -0.15) is 0 Å². The van der Waals surface area contributed by atoms with Crippen molar-refractivity contribution in [1.82, 2.24) is 0 Å². The lowest BCUT2D eigenvalue weighted by Gasteiger charge is -2.38. The SMILES string of the molecule is CC1=NOC2(C)OCC12. The number of hydrogen-bond donors (Lipinski definition) is 0. The molecule has 3 nitrogen and oxygen atoms in total. The Bertz CT molecular complexity index is 178. The van der Waals surface area contributed by atoms with E-state index in [0.717, 1.165) is 12.3 Å². The second-order valence-corrected chi connectivity index (χ2v) is 2.70. The Hall–Kier alpha value is -0.570. The Kier molecular flexibility index (Phi) is 0.750. The van der Waals surface area contributed by atoms with Crippen LogP contribution in [0, 0.1) is 5.92 Å². The van der Waals surface area contributed by atoms with Crippen LogP contribution in [0.1, 0.15) is 13.8 Å². The lowest BCUT2D eigenvalue weighted by atomic mass is 9.92. The van der Waals surface area contributed by atoms with Crippen molar-refractivity contribution in [2.24, 2.45) is 11.1 Å². The van der Waals surface area contributed by atoms with Gasteiger partial charge in [-0.15, -0.1) is 0 Å². The van der Waals surface area contributed by atoms with E-state index in [1.165, 1.54) is 0 Å². The van der Waals surface area contributed by atoms with Crippen LogP contribution in [0.15, 0.2) is 5.16 Å². The van der Waals surface area contributed by atoms with Gasteiger partial charge in [0.1, 0.15) is 0 Å². The molecule has 2 unspecified atom stereocenters. The summed E-state index contributed by atoms with van der Waals surface area (Å²) in [5.74, 6) is 0.0156. The van der Waals surface area contributed by atoms with Crippen LogP contribution in [0.4, 0.5) is 0 Å². The highest BCUT2D eigenvalue weighted by molar-refractivity contribution is 5.86. The average molecular weight is 127 g/mol. The van der Waals surface area contributed by atoms with Crippen molar-refractivity contribution in [3.8, 4) is 0 Å². The molecular weight excluding hydrogens is 118 g/mol. The second kappa shape index (κ2) is 1.29. The first kappa shape index (κ1) is 5.23. The van der Waals surface area contributed by atoms with E-state index in [1.807, 2.05) is 13.8 Å². The molecule has 0 aromatic heterocycles. The molecule has 0 saturated carbocycles. The number of fused-ring (bicyclic) bond motifs is 1. The summed E-state index contributed by atoms with van der Waals surface area (Å²) in [5.41, 5.74) is 1.06. The van der Waals surface area contributed by atoms with Gasteiger partial charge in [-0.05, 0) is 6.92 Å². The molecule has 0 spiro atoms. The maximum Gasteiger partial charge on any atom is 0.244 e. The summed E-state index contributed by atoms with van der Waals surface area (Å²) in [7, 11) is 0. The van der Waals surface area contributed by atoms with Crippen molar-refractivity contribution in [3.63, 3.8) is 0 Å². The molecular formula is C6H9NO2. The molecule has 3 heteroatoms. The fourth-order valence-corrected chi connectivity index (χ4v) is 1.22. The molecule has 9 heavy (non-hydrogen) atoms. The molecule has 0 bridgehead atoms. The van der Waals surface area contributed by atoms with E-state index >= 15 is 0 Å². The summed E-state index contributed by atoms with van der Waals surface area (Å²) >= 11 is 0. The van der Waals surface area contributed by atoms with Crippen molar-refractivity contribution in [1.29, 1.82) is 0 Å². The van der Waals surface area contributed by atoms with Crippen LogP contribution < -0.4 is 0 Å². The minimum Gasteiger partial charge on any atom is -0.360 e. The van der Waals surface area contributed by atoms with Gasteiger partial charge in [0.25, 0.3) is 0 Å². The number of ether oxygens (including phenoxy) is 1. The molecule has 0 aromatic rings. The first-order chi connectivity index (χ1) is 4.22. The van der Waals surface area contributed by atoms with Crippen LogP contribution in [0.2, 0.25) is 0 Å². The van der Waals surface area contributed by atoms with Crippen molar-refractivity contribution < 1.29 is 9.57 Å². The monoisotopic (exact) mass is 127 g/mol. The lowest BCUT2D eigenvalue weighted by molar-refractivity contribution is -0.304. The summed E-state index contributed by atoms with van der Waals surface area (Å²) < 4.78 is 5.18. The highest BCUT2D eigenvalue weighted by Gasteiger charge is 2.52. The van der Waals surface area contributed by atoms with E-state index in [4.69, 9.17) is 9.57 Å². The zero-order chi connectivity index (χ0) is 6.48. The molecule has 2 aliphatic rings. The molecule has 1 saturated heterocycles. The van der Waals surface area contributed by atoms with Gasteiger partial charge in [-0.3, -0.25) is 0 Å². The third-order valence-corrected chi connectivity index (χ3v) is 2.04. The highest BCUT2D eigenvalue weighted by Crippen LogP contribution is 2.39. The van der Waals surface area contributed by atoms with Crippen LogP contribution in [-0.2, 0) is 9.57 Å². The second-order valence-electron chi connectivity index (χ2n) is 2.70. The Labute approximate surface area is 53.6 Å². The standard InChI is InChI=1S/C6H9NO2/c1-4-5-3-8-6(5,2)9-7-4/h5H,3H2,1-2H3. The van der Waals surface area contributed by atoms with E-state index in [1.54, 1.807) is 0 Å². The molecule has 2 aliphatic heterocycles. The maximum atomic E-state index is 5.18. The molecule has 50 valence electrons. The van der Waals surface area contributed by atoms with Gasteiger partial charge in [-0.1, -0.05) is 5.16 Å². The quantitative estimate of drug-likeness (QED) is 0.481. The minimum atomic E-state index is -0.399. The Morgan fingerprint density at radius 3 is 2.78 bits per heavy atom. The summed E-state index contributed by atoms with van der Waals surface area (Å²) in [6.45, 7) is 4.66. The minimum absolute atomic E-state index is 0.399. The van der Waals surface area contributed by atoms with Gasteiger partial charge in [-0.25, -0.2) is 0 Å². The third kappa shape index (κ3) is 0.477. The molecule has 2 heterocycles. The summed E-state index contributed by atoms with van der Waals surface area (Å²) in [5, 5.41) is 3.82. The van der Waals surface area contributed by atoms with Crippen molar-refractivity contribution in [3.05, 3.63) is 0 Å². The van der Waals surface area contributed by atoms with Gasteiger partial charge < -0.3 is 9.57 Å². The highest BCUT2D eigenvalue weighted by atomic mass is 16.8. The van der Waals surface area contributed by atoms with Gasteiger partial charge in [0, 0.05) is 6.92 Å². The molecule has 0 radical (unpaired) electrons. The van der Waals surface area contributed by atoms with E-state index in [-0.39, 0.29) is 0 Å². The molecule has 2 atom stereocenters. The Morgan fingerprint density at radius 2 is 2.56 bits per heavy atom. The van der Waals surface area contributed by atoms with Crippen molar-refractivity contribution in [2.45, 2.75) is 19.6 Å². The smallest absolute Gasteiger partial charge is 0.244 e. The molecule has 0 aromatic carbocycles. The number of oxime groups is 1. The van der Waals surface area contributed by atoms with Crippen molar-refractivity contribution >= 4 is 5.71 Å². The molecule has 0 aliphatic carbocycles. The van der Waals surface area contributed by atoms with E-state index in [9.17, 15) is 0 Å². The van der Waals surface area contributed by atoms with E-state index in [0.29, 0.717) is 5.92 Å². The third-order valence-electron chi connectivity index (χ3n) is 2.04. The van der Waals surface area contributed by atoms with Gasteiger partial charge >= 0.3 is 0 Å². The van der Waals surface area contributed by atoms with Gasteiger partial charge in [0.2, 0.25) is 5.79 Å². The predicted octanol–water partition coefficient (Wildman–Crippen LogP) is 0.755. The fourth-order valence-electron chi connectivity index (χ4n) is 1.22. The zero-order valence-corrected chi connectivity index (χ0v) is 5.55. The van der Waals surface area contributed by atoms with Gasteiger partial charge in [0.05, 0.1) is 18.2 Å². The number of nitrogens with zero attached hydrogens (tertiary/aromatic N) is 1. The molecule has 0 N–H and O–H groups in total. The fraction of sp³-hybridized carbons (Fsp3) is 0.833. The first-order valence-electron chi connectivity index (χ1n) is 3.09. The average Bonchev–Trinajstić information content (AvgIpc) is 1.93. The summed E-state index contributed by atoms with van der Waals surface area (Å²) in [4.78, 5) is 5.02. The van der Waals surface area contributed by atoms with Crippen LogP contribution in [0.3, 0.4) is 0 Å². The van der Waals surface area contributed by atoms with E-state index in [2.05, 4.69) is 5.16 Å². The van der Waals surface area contributed by atoms with Crippen LogP contribution in [0.5, 0.6) is 0 Å². The first-order valence-corrected chi connectivity index (χ1v) is 3.09. The normalized spacial score (nSPS) is 46.9. The predicted molar refractivity (Wildman–Crippen MR) is 32.0 cm³/mol. The zero-order valence-electron chi connectivity index (χ0n) is 5.55. The van der Waals surface area contributed by atoms with Crippen molar-refractivity contribution in [2.75, 3.05) is 6.61 Å². The maximum absolute atomic E-state index is 5.18. The Balaban J connectivity index is 2.24. The molecule has 1 fully saturated rings. The summed E-state index contributed by atoms with van der Waals surface area (Å²) in [6.07, 6.45) is 0. The van der Waals surface area contributed by atoms with Crippen LogP contribution in [0.25, 0.3) is 0 Å². The number of hydrogen-bond acceptors (Lipinski definition) is 3. The topological polar surface area (TPSA) is 30.8 Å². The number of rotatable bonds is 0.